The standard InChI is InChI=1S/C23H29N3O4/c1-24-10-7-18(15-21(24)28)23(29)26-13-14-30-20(16-25-11-8-19(27)9-12-25)22(26)17-5-3-2-4-6-17/h2-7,10,15,19-20,22,27H,8-9,11-14,16H2,1H3/t20-,22-/m0/s1. The molecule has 2 saturated heterocycles. The summed E-state index contributed by atoms with van der Waals surface area (Å²) in [5.74, 6) is -0.149. The topological polar surface area (TPSA) is 75.0 Å². The molecule has 2 aromatic rings. The van der Waals surface area contributed by atoms with Gasteiger partial charge in [-0.15, -0.1) is 0 Å². The number of ether oxygens (including phenoxy) is 1. The molecule has 1 N–H and O–H groups in total. The Bertz CT molecular complexity index is 922. The molecule has 1 amide bonds. The lowest BCUT2D eigenvalue weighted by Crippen LogP contribution is -2.53. The highest BCUT2D eigenvalue weighted by Gasteiger charge is 2.38. The number of morpholine rings is 1. The number of likely N-dealkylation sites (tertiary alicyclic amines) is 1. The van der Waals surface area contributed by atoms with Crippen molar-refractivity contribution in [2.75, 3.05) is 32.8 Å². The number of amides is 1. The Hall–Kier alpha value is -2.48. The normalized spacial score (nSPS) is 23.5. The van der Waals surface area contributed by atoms with E-state index in [1.807, 2.05) is 35.2 Å². The highest BCUT2D eigenvalue weighted by Crippen LogP contribution is 2.32. The maximum absolute atomic E-state index is 13.4. The average Bonchev–Trinajstić information content (AvgIpc) is 2.77. The summed E-state index contributed by atoms with van der Waals surface area (Å²) in [5, 5.41) is 9.81. The van der Waals surface area contributed by atoms with Crippen LogP contribution in [0.5, 0.6) is 0 Å². The first-order chi connectivity index (χ1) is 14.5. The highest BCUT2D eigenvalue weighted by molar-refractivity contribution is 5.94. The third-order valence-electron chi connectivity index (χ3n) is 6.10. The van der Waals surface area contributed by atoms with Crippen molar-refractivity contribution in [2.24, 2.45) is 7.05 Å². The lowest BCUT2D eigenvalue weighted by molar-refractivity contribution is -0.0770. The molecule has 7 heteroatoms. The van der Waals surface area contributed by atoms with Crippen molar-refractivity contribution in [3.63, 3.8) is 0 Å². The maximum Gasteiger partial charge on any atom is 0.254 e. The van der Waals surface area contributed by atoms with Gasteiger partial charge in [-0.3, -0.25) is 9.59 Å². The Balaban J connectivity index is 1.62. The smallest absolute Gasteiger partial charge is 0.254 e. The lowest BCUT2D eigenvalue weighted by atomic mass is 9.96. The van der Waals surface area contributed by atoms with Gasteiger partial charge in [-0.1, -0.05) is 30.3 Å². The number of aliphatic hydroxyl groups is 1. The number of benzene rings is 1. The lowest BCUT2D eigenvalue weighted by Gasteiger charge is -2.44. The summed E-state index contributed by atoms with van der Waals surface area (Å²) in [6.45, 7) is 3.28. The molecule has 1 aromatic carbocycles. The van der Waals surface area contributed by atoms with Crippen molar-refractivity contribution >= 4 is 5.91 Å². The summed E-state index contributed by atoms with van der Waals surface area (Å²) in [6, 6.07) is 12.8. The van der Waals surface area contributed by atoms with Crippen molar-refractivity contribution < 1.29 is 14.6 Å². The zero-order chi connectivity index (χ0) is 21.1. The van der Waals surface area contributed by atoms with Gasteiger partial charge < -0.3 is 24.2 Å². The molecule has 0 bridgehead atoms. The fraction of sp³-hybridized carbons (Fsp3) is 0.478. The Labute approximate surface area is 176 Å². The van der Waals surface area contributed by atoms with E-state index in [9.17, 15) is 14.7 Å². The second-order valence-electron chi connectivity index (χ2n) is 8.16. The second kappa shape index (κ2) is 9.12. The van der Waals surface area contributed by atoms with Crippen LogP contribution in [0.1, 0.15) is 34.8 Å². The van der Waals surface area contributed by atoms with Crippen LogP contribution < -0.4 is 5.56 Å². The summed E-state index contributed by atoms with van der Waals surface area (Å²) >= 11 is 0. The second-order valence-corrected chi connectivity index (χ2v) is 8.16. The number of piperidine rings is 1. The molecular weight excluding hydrogens is 382 g/mol. The molecule has 1 aromatic heterocycles. The van der Waals surface area contributed by atoms with Gasteiger partial charge in [0.2, 0.25) is 0 Å². The molecule has 160 valence electrons. The van der Waals surface area contributed by atoms with Crippen molar-refractivity contribution in [1.82, 2.24) is 14.4 Å². The zero-order valence-corrected chi connectivity index (χ0v) is 17.3. The minimum atomic E-state index is -0.233. The van der Waals surface area contributed by atoms with Crippen molar-refractivity contribution in [3.05, 3.63) is 70.1 Å². The SMILES string of the molecule is Cn1ccc(C(=O)N2CCO[C@@H](CN3CCC(O)CC3)[C@@H]2c2ccccc2)cc1=O. The molecule has 30 heavy (non-hydrogen) atoms. The Kier molecular flexibility index (Phi) is 6.32. The molecule has 0 unspecified atom stereocenters. The van der Waals surface area contributed by atoms with Gasteiger partial charge in [0.05, 0.1) is 24.9 Å². The first-order valence-corrected chi connectivity index (χ1v) is 10.6. The molecule has 3 heterocycles. The maximum atomic E-state index is 13.4. The highest BCUT2D eigenvalue weighted by atomic mass is 16.5. The molecule has 2 aliphatic rings. The molecule has 0 saturated carbocycles. The Morgan fingerprint density at radius 3 is 2.57 bits per heavy atom. The van der Waals surface area contributed by atoms with Gasteiger partial charge in [0.15, 0.2) is 0 Å². The molecule has 7 nitrogen and oxygen atoms in total. The number of aromatic nitrogens is 1. The van der Waals surface area contributed by atoms with Gasteiger partial charge in [0, 0.05) is 51.1 Å². The number of aliphatic hydroxyl groups excluding tert-OH is 1. The zero-order valence-electron chi connectivity index (χ0n) is 17.3. The van der Waals surface area contributed by atoms with Crippen LogP contribution in [0.25, 0.3) is 0 Å². The molecule has 0 radical (unpaired) electrons. The molecule has 0 aliphatic carbocycles. The van der Waals surface area contributed by atoms with E-state index in [1.54, 1.807) is 19.3 Å². The minimum absolute atomic E-state index is 0.149. The predicted octanol–water partition coefficient (Wildman–Crippen LogP) is 1.42. The molecule has 2 aliphatic heterocycles. The van der Waals surface area contributed by atoms with Crippen LogP contribution in [0.4, 0.5) is 0 Å². The molecule has 4 rings (SSSR count). The predicted molar refractivity (Wildman–Crippen MR) is 113 cm³/mol. The quantitative estimate of drug-likeness (QED) is 0.824. The van der Waals surface area contributed by atoms with E-state index in [0.717, 1.165) is 31.5 Å². The van der Waals surface area contributed by atoms with Crippen LogP contribution in [-0.4, -0.2) is 70.4 Å². The van der Waals surface area contributed by atoms with E-state index >= 15 is 0 Å². The van der Waals surface area contributed by atoms with Gasteiger partial charge in [-0.2, -0.15) is 0 Å². The van der Waals surface area contributed by atoms with Crippen molar-refractivity contribution in [2.45, 2.75) is 31.1 Å². The van der Waals surface area contributed by atoms with E-state index in [2.05, 4.69) is 4.90 Å². The Morgan fingerprint density at radius 2 is 1.87 bits per heavy atom. The minimum Gasteiger partial charge on any atom is -0.393 e. The number of carbonyl (C=O) groups excluding carboxylic acids is 1. The van der Waals surface area contributed by atoms with Gasteiger partial charge in [0.1, 0.15) is 0 Å². The van der Waals surface area contributed by atoms with Crippen LogP contribution in [0.2, 0.25) is 0 Å². The third kappa shape index (κ3) is 4.48. The average molecular weight is 412 g/mol. The van der Waals surface area contributed by atoms with E-state index in [-0.39, 0.29) is 29.7 Å². The summed E-state index contributed by atoms with van der Waals surface area (Å²) < 4.78 is 7.63. The van der Waals surface area contributed by atoms with Crippen LogP contribution in [0.3, 0.4) is 0 Å². The number of hydrogen-bond acceptors (Lipinski definition) is 5. The van der Waals surface area contributed by atoms with Gasteiger partial charge in [-0.25, -0.2) is 0 Å². The first-order valence-electron chi connectivity index (χ1n) is 10.6. The molecule has 2 fully saturated rings. The summed E-state index contributed by atoms with van der Waals surface area (Å²) in [7, 11) is 1.67. The molecular formula is C23H29N3O4. The fourth-order valence-corrected chi connectivity index (χ4v) is 4.36. The summed E-state index contributed by atoms with van der Waals surface area (Å²) in [4.78, 5) is 29.6. The number of aryl methyl sites for hydroxylation is 1. The number of carbonyl (C=O) groups is 1. The van der Waals surface area contributed by atoms with Crippen LogP contribution in [0.15, 0.2) is 53.5 Å². The van der Waals surface area contributed by atoms with Crippen molar-refractivity contribution in [1.29, 1.82) is 0 Å². The summed E-state index contributed by atoms with van der Waals surface area (Å²) in [5.41, 5.74) is 1.23. The monoisotopic (exact) mass is 411 g/mol. The number of nitrogens with zero attached hydrogens (tertiary/aromatic N) is 3. The summed E-state index contributed by atoms with van der Waals surface area (Å²) in [6.07, 6.45) is 2.76. The largest absolute Gasteiger partial charge is 0.393 e. The Morgan fingerprint density at radius 1 is 1.13 bits per heavy atom. The van der Waals surface area contributed by atoms with E-state index in [0.29, 0.717) is 25.3 Å². The van der Waals surface area contributed by atoms with Gasteiger partial charge in [0.25, 0.3) is 11.5 Å². The van der Waals surface area contributed by atoms with Crippen molar-refractivity contribution in [3.8, 4) is 0 Å². The fourth-order valence-electron chi connectivity index (χ4n) is 4.36. The number of hydrogen-bond donors (Lipinski definition) is 1. The molecule has 2 atom stereocenters. The molecule has 0 spiro atoms. The number of rotatable bonds is 4. The first kappa shape index (κ1) is 20.8. The van der Waals surface area contributed by atoms with Gasteiger partial charge >= 0.3 is 0 Å². The van der Waals surface area contributed by atoms with Crippen LogP contribution in [-0.2, 0) is 11.8 Å². The van der Waals surface area contributed by atoms with E-state index < -0.39 is 0 Å². The van der Waals surface area contributed by atoms with Gasteiger partial charge in [-0.05, 0) is 24.5 Å². The van der Waals surface area contributed by atoms with Crippen LogP contribution in [0, 0.1) is 0 Å². The van der Waals surface area contributed by atoms with E-state index in [1.165, 1.54) is 10.6 Å². The number of pyridine rings is 1. The van der Waals surface area contributed by atoms with Crippen LogP contribution >= 0.6 is 0 Å². The third-order valence-corrected chi connectivity index (χ3v) is 6.10. The van der Waals surface area contributed by atoms with E-state index in [4.69, 9.17) is 4.74 Å².